The molecule has 0 atom stereocenters. The highest BCUT2D eigenvalue weighted by atomic mass is 32.1. The lowest BCUT2D eigenvalue weighted by atomic mass is 10.0. The van der Waals surface area contributed by atoms with Crippen LogP contribution in [0.2, 0.25) is 0 Å². The summed E-state index contributed by atoms with van der Waals surface area (Å²) in [5, 5.41) is 5.64. The number of fused-ring (bicyclic) bond motifs is 1. The van der Waals surface area contributed by atoms with Crippen molar-refractivity contribution in [2.75, 3.05) is 10.6 Å². The Kier molecular flexibility index (Phi) is 4.25. The molecule has 23 heavy (non-hydrogen) atoms. The van der Waals surface area contributed by atoms with Gasteiger partial charge in [0, 0.05) is 10.6 Å². The zero-order valence-electron chi connectivity index (χ0n) is 12.0. The zero-order chi connectivity index (χ0) is 16.4. The first-order valence-electron chi connectivity index (χ1n) is 7.16. The van der Waals surface area contributed by atoms with Crippen molar-refractivity contribution >= 4 is 28.2 Å². The summed E-state index contributed by atoms with van der Waals surface area (Å²) in [5.74, 6) is 0. The lowest BCUT2D eigenvalue weighted by Gasteiger charge is -2.08. The summed E-state index contributed by atoms with van der Waals surface area (Å²) in [6.07, 6.45) is -0.246. The molecule has 1 aromatic carbocycles. The second-order valence-electron chi connectivity index (χ2n) is 5.25. The minimum Gasteiger partial charge on any atom is -0.308 e. The van der Waals surface area contributed by atoms with E-state index in [0.717, 1.165) is 43.5 Å². The average Bonchev–Trinajstić information content (AvgIpc) is 2.88. The summed E-state index contributed by atoms with van der Waals surface area (Å²) in [7, 11) is 0. The van der Waals surface area contributed by atoms with E-state index in [4.69, 9.17) is 0 Å². The largest absolute Gasteiger partial charge is 0.416 e. The van der Waals surface area contributed by atoms with Crippen LogP contribution in [0.25, 0.3) is 0 Å². The Labute approximate surface area is 134 Å². The van der Waals surface area contributed by atoms with Gasteiger partial charge in [-0.25, -0.2) is 9.78 Å². The number of carbonyl (C=O) groups excluding carboxylic acids is 1. The second kappa shape index (κ2) is 6.19. The van der Waals surface area contributed by atoms with Gasteiger partial charge in [0.2, 0.25) is 0 Å². The molecule has 8 heteroatoms. The minimum absolute atomic E-state index is 0.289. The van der Waals surface area contributed by atoms with Crippen LogP contribution in [0.3, 0.4) is 0 Å². The highest BCUT2D eigenvalue weighted by molar-refractivity contribution is 7.15. The number of hydrogen-bond donors (Lipinski definition) is 2. The number of halogens is 3. The third kappa shape index (κ3) is 3.82. The molecule has 0 unspecified atom stereocenters. The molecule has 0 fully saturated rings. The number of nitrogens with zero attached hydrogens (tertiary/aromatic N) is 1. The Hall–Kier alpha value is -2.09. The molecule has 0 bridgehead atoms. The van der Waals surface area contributed by atoms with Crippen molar-refractivity contribution in [1.29, 1.82) is 0 Å². The standard InChI is InChI=1S/C15H14F3N3OS/c16-15(17,18)9-5-7-10(8-6-9)19-13(22)21-14-20-11-3-1-2-4-12(11)23-14/h5-8H,1-4H2,(H2,19,20,21,22). The molecular formula is C15H14F3N3OS. The van der Waals surface area contributed by atoms with Crippen LogP contribution in [0, 0.1) is 0 Å². The van der Waals surface area contributed by atoms with Crippen molar-refractivity contribution in [3.05, 3.63) is 40.4 Å². The van der Waals surface area contributed by atoms with Gasteiger partial charge >= 0.3 is 12.2 Å². The first-order chi connectivity index (χ1) is 10.9. The maximum Gasteiger partial charge on any atom is 0.416 e. The molecule has 2 aromatic rings. The fourth-order valence-corrected chi connectivity index (χ4v) is 3.45. The monoisotopic (exact) mass is 341 g/mol. The Morgan fingerprint density at radius 2 is 1.78 bits per heavy atom. The Morgan fingerprint density at radius 3 is 2.43 bits per heavy atom. The van der Waals surface area contributed by atoms with Gasteiger partial charge in [0.05, 0.1) is 11.3 Å². The molecule has 1 heterocycles. The van der Waals surface area contributed by atoms with Crippen LogP contribution in [0.5, 0.6) is 0 Å². The van der Waals surface area contributed by atoms with E-state index in [1.807, 2.05) is 0 Å². The van der Waals surface area contributed by atoms with Crippen LogP contribution < -0.4 is 10.6 Å². The number of nitrogens with one attached hydrogen (secondary N) is 2. The van der Waals surface area contributed by atoms with Crippen LogP contribution in [-0.2, 0) is 19.0 Å². The number of hydrogen-bond acceptors (Lipinski definition) is 3. The third-order valence-corrected chi connectivity index (χ3v) is 4.61. The van der Waals surface area contributed by atoms with Crippen molar-refractivity contribution in [3.8, 4) is 0 Å². The summed E-state index contributed by atoms with van der Waals surface area (Å²) in [4.78, 5) is 17.5. The molecule has 2 N–H and O–H groups in total. The van der Waals surface area contributed by atoms with Gasteiger partial charge in [-0.1, -0.05) is 0 Å². The van der Waals surface area contributed by atoms with Crippen LogP contribution in [-0.4, -0.2) is 11.0 Å². The highest BCUT2D eigenvalue weighted by Crippen LogP contribution is 2.31. The Balaban J connectivity index is 1.62. The number of benzene rings is 1. The number of thiazole rings is 1. The normalized spacial score (nSPS) is 14.2. The summed E-state index contributed by atoms with van der Waals surface area (Å²) in [6, 6.07) is 3.77. The maximum absolute atomic E-state index is 12.5. The zero-order valence-corrected chi connectivity index (χ0v) is 12.9. The number of alkyl halides is 3. The van der Waals surface area contributed by atoms with E-state index in [1.165, 1.54) is 28.3 Å². The average molecular weight is 341 g/mol. The fraction of sp³-hybridized carbons (Fsp3) is 0.333. The quantitative estimate of drug-likeness (QED) is 0.833. The SMILES string of the molecule is O=C(Nc1ccc(C(F)(F)F)cc1)Nc1nc2c(s1)CCCC2. The van der Waals surface area contributed by atoms with Gasteiger partial charge in [-0.2, -0.15) is 13.2 Å². The summed E-state index contributed by atoms with van der Waals surface area (Å²) < 4.78 is 37.4. The van der Waals surface area contributed by atoms with Gasteiger partial charge in [-0.05, 0) is 49.9 Å². The molecule has 0 saturated heterocycles. The van der Waals surface area contributed by atoms with Crippen molar-refractivity contribution in [2.45, 2.75) is 31.9 Å². The molecule has 2 amide bonds. The van der Waals surface area contributed by atoms with Gasteiger partial charge in [0.25, 0.3) is 0 Å². The summed E-state index contributed by atoms with van der Waals surface area (Å²) in [6.45, 7) is 0. The number of anilines is 2. The van der Waals surface area contributed by atoms with E-state index < -0.39 is 17.8 Å². The predicted octanol–water partition coefficient (Wildman–Crippen LogP) is 4.68. The molecule has 4 nitrogen and oxygen atoms in total. The number of aryl methyl sites for hydroxylation is 2. The van der Waals surface area contributed by atoms with Gasteiger partial charge in [0.1, 0.15) is 0 Å². The van der Waals surface area contributed by atoms with E-state index in [0.29, 0.717) is 5.13 Å². The number of aromatic nitrogens is 1. The van der Waals surface area contributed by atoms with Gasteiger partial charge in [-0.15, -0.1) is 11.3 Å². The molecule has 1 aliphatic rings. The van der Waals surface area contributed by atoms with Crippen molar-refractivity contribution in [1.82, 2.24) is 4.98 Å². The van der Waals surface area contributed by atoms with Gasteiger partial charge < -0.3 is 5.32 Å². The molecule has 0 spiro atoms. The van der Waals surface area contributed by atoms with E-state index in [-0.39, 0.29) is 5.69 Å². The van der Waals surface area contributed by atoms with Crippen molar-refractivity contribution < 1.29 is 18.0 Å². The van der Waals surface area contributed by atoms with E-state index in [1.54, 1.807) is 0 Å². The molecule has 1 aromatic heterocycles. The number of rotatable bonds is 2. The number of carbonyl (C=O) groups is 1. The summed E-state index contributed by atoms with van der Waals surface area (Å²) in [5.41, 5.74) is 0.568. The molecule has 1 aliphatic carbocycles. The van der Waals surface area contributed by atoms with Gasteiger partial charge in [0.15, 0.2) is 5.13 Å². The van der Waals surface area contributed by atoms with Crippen LogP contribution in [0.4, 0.5) is 28.8 Å². The maximum atomic E-state index is 12.5. The first-order valence-corrected chi connectivity index (χ1v) is 7.97. The number of amides is 2. The van der Waals surface area contributed by atoms with Crippen LogP contribution >= 0.6 is 11.3 Å². The highest BCUT2D eigenvalue weighted by Gasteiger charge is 2.30. The smallest absolute Gasteiger partial charge is 0.308 e. The molecule has 0 saturated carbocycles. The second-order valence-corrected chi connectivity index (χ2v) is 6.33. The lowest BCUT2D eigenvalue weighted by Crippen LogP contribution is -2.19. The topological polar surface area (TPSA) is 54.0 Å². The molecule has 0 aliphatic heterocycles. The Bertz CT molecular complexity index is 686. The molecular weight excluding hydrogens is 327 g/mol. The third-order valence-electron chi connectivity index (χ3n) is 3.54. The van der Waals surface area contributed by atoms with E-state index >= 15 is 0 Å². The van der Waals surface area contributed by atoms with E-state index in [2.05, 4.69) is 15.6 Å². The lowest BCUT2D eigenvalue weighted by molar-refractivity contribution is -0.137. The van der Waals surface area contributed by atoms with Crippen LogP contribution in [0.1, 0.15) is 29.0 Å². The van der Waals surface area contributed by atoms with Crippen molar-refractivity contribution in [2.24, 2.45) is 0 Å². The predicted molar refractivity (Wildman–Crippen MR) is 82.8 cm³/mol. The van der Waals surface area contributed by atoms with Crippen molar-refractivity contribution in [3.63, 3.8) is 0 Å². The fourth-order valence-electron chi connectivity index (χ4n) is 2.41. The minimum atomic E-state index is -4.39. The van der Waals surface area contributed by atoms with Crippen LogP contribution in [0.15, 0.2) is 24.3 Å². The molecule has 122 valence electrons. The molecule has 0 radical (unpaired) electrons. The number of urea groups is 1. The van der Waals surface area contributed by atoms with E-state index in [9.17, 15) is 18.0 Å². The Morgan fingerprint density at radius 1 is 1.09 bits per heavy atom. The first kappa shape index (κ1) is 15.8. The summed E-state index contributed by atoms with van der Waals surface area (Å²) >= 11 is 1.45. The molecule has 3 rings (SSSR count). The van der Waals surface area contributed by atoms with Gasteiger partial charge in [-0.3, -0.25) is 5.32 Å².